The van der Waals surface area contributed by atoms with Gasteiger partial charge in [0, 0.05) is 10.7 Å². The first-order chi connectivity index (χ1) is 6.30. The SMILES string of the molecule is CCc1ccc(C2(CBr)CC2)cc1. The quantitative estimate of drug-likeness (QED) is 0.706. The molecule has 13 heavy (non-hydrogen) atoms. The maximum Gasteiger partial charge on any atom is 0.0129 e. The van der Waals surface area contributed by atoms with Crippen LogP contribution in [0.1, 0.15) is 30.9 Å². The first kappa shape index (κ1) is 9.26. The van der Waals surface area contributed by atoms with Crippen LogP contribution < -0.4 is 0 Å². The van der Waals surface area contributed by atoms with Gasteiger partial charge < -0.3 is 0 Å². The van der Waals surface area contributed by atoms with Crippen LogP contribution in [0.4, 0.5) is 0 Å². The van der Waals surface area contributed by atoms with Gasteiger partial charge >= 0.3 is 0 Å². The van der Waals surface area contributed by atoms with E-state index in [9.17, 15) is 0 Å². The van der Waals surface area contributed by atoms with Crippen molar-refractivity contribution in [1.29, 1.82) is 0 Å². The van der Waals surface area contributed by atoms with Crippen LogP contribution in [0.15, 0.2) is 24.3 Å². The molecule has 0 aromatic heterocycles. The summed E-state index contributed by atoms with van der Waals surface area (Å²) in [5.41, 5.74) is 3.45. The number of aryl methyl sites for hydroxylation is 1. The lowest BCUT2D eigenvalue weighted by molar-refractivity contribution is 0.808. The highest BCUT2D eigenvalue weighted by molar-refractivity contribution is 9.09. The van der Waals surface area contributed by atoms with Gasteiger partial charge in [-0.25, -0.2) is 0 Å². The molecule has 0 nitrogen and oxygen atoms in total. The lowest BCUT2D eigenvalue weighted by Crippen LogP contribution is -2.07. The highest BCUT2D eigenvalue weighted by atomic mass is 79.9. The van der Waals surface area contributed by atoms with Crippen LogP contribution in [0.3, 0.4) is 0 Å². The molecular formula is C12H15Br. The van der Waals surface area contributed by atoms with Gasteiger partial charge in [0.05, 0.1) is 0 Å². The molecule has 0 heterocycles. The standard InChI is InChI=1S/C12H15Br/c1-2-10-3-5-11(6-4-10)12(9-13)7-8-12/h3-6H,2,7-9H2,1H3. The van der Waals surface area contributed by atoms with Crippen LogP contribution in [0, 0.1) is 0 Å². The summed E-state index contributed by atoms with van der Waals surface area (Å²) in [7, 11) is 0. The Morgan fingerprint density at radius 2 is 1.85 bits per heavy atom. The summed E-state index contributed by atoms with van der Waals surface area (Å²) in [5, 5.41) is 1.12. The van der Waals surface area contributed by atoms with Crippen LogP contribution in [0.25, 0.3) is 0 Å². The van der Waals surface area contributed by atoms with Gasteiger partial charge in [0.15, 0.2) is 0 Å². The molecule has 0 saturated heterocycles. The zero-order chi connectivity index (χ0) is 9.31. The average molecular weight is 239 g/mol. The van der Waals surface area contributed by atoms with Crippen molar-refractivity contribution in [1.82, 2.24) is 0 Å². The zero-order valence-corrected chi connectivity index (χ0v) is 9.60. The van der Waals surface area contributed by atoms with Gasteiger partial charge in [0.1, 0.15) is 0 Å². The van der Waals surface area contributed by atoms with E-state index >= 15 is 0 Å². The maximum absolute atomic E-state index is 3.61. The second kappa shape index (κ2) is 3.45. The number of benzene rings is 1. The van der Waals surface area contributed by atoms with Crippen LogP contribution in [-0.2, 0) is 11.8 Å². The smallest absolute Gasteiger partial charge is 0.0129 e. The fraction of sp³-hybridized carbons (Fsp3) is 0.500. The number of rotatable bonds is 3. The van der Waals surface area contributed by atoms with Crippen molar-refractivity contribution in [2.24, 2.45) is 0 Å². The Balaban J connectivity index is 2.23. The molecule has 2 rings (SSSR count). The minimum atomic E-state index is 0.492. The highest BCUT2D eigenvalue weighted by Gasteiger charge is 2.42. The number of hydrogen-bond donors (Lipinski definition) is 0. The summed E-state index contributed by atoms with van der Waals surface area (Å²) in [6, 6.07) is 9.12. The summed E-state index contributed by atoms with van der Waals surface area (Å²) in [6.45, 7) is 2.20. The molecule has 0 bridgehead atoms. The Hall–Kier alpha value is -0.300. The molecule has 0 atom stereocenters. The minimum absolute atomic E-state index is 0.492. The van der Waals surface area contributed by atoms with E-state index in [-0.39, 0.29) is 0 Å². The summed E-state index contributed by atoms with van der Waals surface area (Å²) >= 11 is 3.61. The van der Waals surface area contributed by atoms with Crippen molar-refractivity contribution in [2.75, 3.05) is 5.33 Å². The van der Waals surface area contributed by atoms with Crippen LogP contribution in [0.5, 0.6) is 0 Å². The van der Waals surface area contributed by atoms with Crippen LogP contribution in [0.2, 0.25) is 0 Å². The van der Waals surface area contributed by atoms with Crippen molar-refractivity contribution >= 4 is 15.9 Å². The van der Waals surface area contributed by atoms with E-state index < -0.39 is 0 Å². The normalized spacial score (nSPS) is 18.6. The fourth-order valence-corrected chi connectivity index (χ4v) is 2.63. The van der Waals surface area contributed by atoms with Gasteiger partial charge in [-0.15, -0.1) is 0 Å². The third-order valence-electron chi connectivity index (χ3n) is 3.08. The van der Waals surface area contributed by atoms with Gasteiger partial charge in [0.2, 0.25) is 0 Å². The van der Waals surface area contributed by atoms with Crippen molar-refractivity contribution in [3.05, 3.63) is 35.4 Å². The second-order valence-corrected chi connectivity index (χ2v) is 4.53. The summed E-state index contributed by atoms with van der Waals surface area (Å²) in [4.78, 5) is 0. The molecule has 70 valence electrons. The van der Waals surface area contributed by atoms with Crippen LogP contribution in [-0.4, -0.2) is 5.33 Å². The Labute approximate surface area is 88.5 Å². The molecule has 0 aliphatic heterocycles. The summed E-state index contributed by atoms with van der Waals surface area (Å²) in [5.74, 6) is 0. The maximum atomic E-state index is 3.61. The lowest BCUT2D eigenvalue weighted by Gasteiger charge is -2.11. The highest BCUT2D eigenvalue weighted by Crippen LogP contribution is 2.49. The Morgan fingerprint density at radius 1 is 1.23 bits per heavy atom. The van der Waals surface area contributed by atoms with Crippen molar-refractivity contribution in [3.63, 3.8) is 0 Å². The Morgan fingerprint density at radius 3 is 2.23 bits per heavy atom. The van der Waals surface area contributed by atoms with Gasteiger partial charge in [-0.1, -0.05) is 47.1 Å². The van der Waals surface area contributed by atoms with E-state index in [0.717, 1.165) is 11.8 Å². The topological polar surface area (TPSA) is 0 Å². The molecule has 0 amide bonds. The van der Waals surface area contributed by atoms with Gasteiger partial charge in [-0.2, -0.15) is 0 Å². The molecule has 0 N–H and O–H groups in total. The zero-order valence-electron chi connectivity index (χ0n) is 8.02. The third-order valence-corrected chi connectivity index (χ3v) is 4.16. The van der Waals surface area contributed by atoms with E-state index in [1.165, 1.54) is 24.0 Å². The number of hydrogen-bond acceptors (Lipinski definition) is 0. The summed E-state index contributed by atoms with van der Waals surface area (Å²) < 4.78 is 0. The molecule has 0 unspecified atom stereocenters. The molecule has 1 saturated carbocycles. The molecule has 1 aromatic rings. The fourth-order valence-electron chi connectivity index (χ4n) is 1.74. The predicted octanol–water partition coefficient (Wildman–Crippen LogP) is 3.68. The van der Waals surface area contributed by atoms with Gasteiger partial charge in [0.25, 0.3) is 0 Å². The summed E-state index contributed by atoms with van der Waals surface area (Å²) in [6.07, 6.45) is 3.84. The molecule has 0 radical (unpaired) electrons. The Bertz CT molecular complexity index is 282. The van der Waals surface area contributed by atoms with Crippen molar-refractivity contribution in [3.8, 4) is 0 Å². The van der Waals surface area contributed by atoms with E-state index in [2.05, 4.69) is 47.1 Å². The second-order valence-electron chi connectivity index (χ2n) is 3.96. The minimum Gasteiger partial charge on any atom is -0.0918 e. The molecule has 0 spiro atoms. The lowest BCUT2D eigenvalue weighted by atomic mass is 9.97. The van der Waals surface area contributed by atoms with E-state index in [1.807, 2.05) is 0 Å². The van der Waals surface area contributed by atoms with Crippen molar-refractivity contribution in [2.45, 2.75) is 31.6 Å². The molecular weight excluding hydrogens is 224 g/mol. The van der Waals surface area contributed by atoms with E-state index in [1.54, 1.807) is 0 Å². The molecule has 1 fully saturated rings. The largest absolute Gasteiger partial charge is 0.0918 e. The molecule has 1 heteroatoms. The monoisotopic (exact) mass is 238 g/mol. The van der Waals surface area contributed by atoms with Crippen LogP contribution >= 0.6 is 15.9 Å². The van der Waals surface area contributed by atoms with E-state index in [4.69, 9.17) is 0 Å². The first-order valence-electron chi connectivity index (χ1n) is 4.96. The number of halogens is 1. The molecule has 1 aromatic carbocycles. The first-order valence-corrected chi connectivity index (χ1v) is 6.08. The van der Waals surface area contributed by atoms with E-state index in [0.29, 0.717) is 5.41 Å². The number of alkyl halides is 1. The third kappa shape index (κ3) is 1.67. The van der Waals surface area contributed by atoms with Gasteiger partial charge in [-0.3, -0.25) is 0 Å². The predicted molar refractivity (Wildman–Crippen MR) is 60.5 cm³/mol. The molecule has 1 aliphatic carbocycles. The van der Waals surface area contributed by atoms with Gasteiger partial charge in [-0.05, 0) is 30.4 Å². The van der Waals surface area contributed by atoms with Crippen molar-refractivity contribution < 1.29 is 0 Å². The Kier molecular flexibility index (Phi) is 2.46. The average Bonchev–Trinajstić information content (AvgIpc) is 2.99. The molecule has 1 aliphatic rings.